The number of nitrogens with zero attached hydrogens (tertiary/aromatic N) is 2. The van der Waals surface area contributed by atoms with Crippen LogP contribution in [-0.4, -0.2) is 15.6 Å². The molecule has 1 aliphatic carbocycles. The summed E-state index contributed by atoms with van der Waals surface area (Å²) in [4.78, 5) is 13.5. The Morgan fingerprint density at radius 2 is 1.80 bits per heavy atom. The van der Waals surface area contributed by atoms with Crippen LogP contribution in [0.5, 0.6) is 0 Å². The van der Waals surface area contributed by atoms with Crippen molar-refractivity contribution in [2.45, 2.75) is 46.0 Å². The van der Waals surface area contributed by atoms with E-state index in [1.54, 1.807) is 12.1 Å². The Morgan fingerprint density at radius 3 is 2.47 bits per heavy atom. The highest BCUT2D eigenvalue weighted by molar-refractivity contribution is 5.91. The van der Waals surface area contributed by atoms with E-state index in [0.717, 1.165) is 22.5 Å². The topological polar surface area (TPSA) is 34.9 Å². The Kier molecular flexibility index (Phi) is 4.97. The lowest BCUT2D eigenvalue weighted by Crippen LogP contribution is -2.37. The molecule has 0 saturated carbocycles. The van der Waals surface area contributed by atoms with Gasteiger partial charge < -0.3 is 0 Å². The number of Topliss-reactive ketones (excluding diaryl/α,β-unsaturated/α-hetero) is 1. The summed E-state index contributed by atoms with van der Waals surface area (Å²) in [6, 6.07) is 16.5. The van der Waals surface area contributed by atoms with E-state index < -0.39 is 5.41 Å². The van der Waals surface area contributed by atoms with Gasteiger partial charge in [-0.05, 0) is 67.2 Å². The molecule has 154 valence electrons. The second kappa shape index (κ2) is 7.35. The summed E-state index contributed by atoms with van der Waals surface area (Å²) in [7, 11) is 0. The number of aromatic nitrogens is 2. The van der Waals surface area contributed by atoms with Crippen molar-refractivity contribution in [3.05, 3.63) is 89.0 Å². The fourth-order valence-electron chi connectivity index (χ4n) is 4.26. The molecule has 0 N–H and O–H groups in total. The van der Waals surface area contributed by atoms with Gasteiger partial charge in [0.25, 0.3) is 0 Å². The molecular weight excluding hydrogens is 375 g/mol. The third-order valence-corrected chi connectivity index (χ3v) is 6.50. The minimum Gasteiger partial charge on any atom is -0.299 e. The average molecular weight is 403 g/mol. The van der Waals surface area contributed by atoms with Gasteiger partial charge in [0, 0.05) is 6.42 Å². The lowest BCUT2D eigenvalue weighted by atomic mass is 9.66. The molecule has 1 unspecified atom stereocenters. The Labute approximate surface area is 177 Å². The molecule has 1 heterocycles. The Bertz CT molecular complexity index is 1110. The molecule has 30 heavy (non-hydrogen) atoms. The molecule has 1 atom stereocenters. The van der Waals surface area contributed by atoms with Gasteiger partial charge in [-0.25, -0.2) is 9.07 Å². The van der Waals surface area contributed by atoms with E-state index in [9.17, 15) is 9.18 Å². The van der Waals surface area contributed by atoms with Crippen molar-refractivity contribution in [2.75, 3.05) is 0 Å². The SMILES string of the molecule is CC1=Cc2c(cnn2-c2ccc(F)cc2)CC1(C)C(=O)CC(C)(C)c1ccccc1. The molecule has 0 fully saturated rings. The maximum Gasteiger partial charge on any atom is 0.143 e. The number of halogens is 1. The largest absolute Gasteiger partial charge is 0.299 e. The highest BCUT2D eigenvalue weighted by Crippen LogP contribution is 2.42. The van der Waals surface area contributed by atoms with Crippen LogP contribution >= 0.6 is 0 Å². The van der Waals surface area contributed by atoms with Gasteiger partial charge in [0.1, 0.15) is 11.6 Å². The molecule has 0 bridgehead atoms. The molecule has 2 aromatic carbocycles. The molecule has 0 radical (unpaired) electrons. The lowest BCUT2D eigenvalue weighted by molar-refractivity contribution is -0.127. The number of allylic oxidation sites excluding steroid dienone is 1. The first-order valence-corrected chi connectivity index (χ1v) is 10.3. The maximum absolute atomic E-state index is 13.5. The van der Waals surface area contributed by atoms with Gasteiger partial charge in [-0.2, -0.15) is 5.10 Å². The van der Waals surface area contributed by atoms with Crippen LogP contribution in [0, 0.1) is 11.2 Å². The zero-order valence-electron chi connectivity index (χ0n) is 17.9. The quantitative estimate of drug-likeness (QED) is 0.531. The second-order valence-electron chi connectivity index (χ2n) is 9.13. The third kappa shape index (κ3) is 3.51. The van der Waals surface area contributed by atoms with E-state index in [1.165, 1.54) is 17.7 Å². The van der Waals surface area contributed by atoms with Crippen LogP contribution < -0.4 is 0 Å². The van der Waals surface area contributed by atoms with Gasteiger partial charge in [-0.3, -0.25) is 4.79 Å². The molecule has 0 amide bonds. The highest BCUT2D eigenvalue weighted by atomic mass is 19.1. The minimum absolute atomic E-state index is 0.236. The zero-order chi connectivity index (χ0) is 21.5. The summed E-state index contributed by atoms with van der Waals surface area (Å²) in [6.45, 7) is 8.33. The van der Waals surface area contributed by atoms with Crippen molar-refractivity contribution >= 4 is 11.9 Å². The smallest absolute Gasteiger partial charge is 0.143 e. The number of hydrogen-bond donors (Lipinski definition) is 0. The number of rotatable bonds is 5. The predicted octanol–water partition coefficient (Wildman–Crippen LogP) is 5.91. The van der Waals surface area contributed by atoms with E-state index >= 15 is 0 Å². The standard InChI is InChI=1S/C26H27FN2O/c1-18-14-23-19(17-28-29(23)22-12-10-21(27)11-13-22)15-26(18,4)24(30)16-25(2,3)20-8-6-5-7-9-20/h5-14,17H,15-16H2,1-4H3. The number of fused-ring (bicyclic) bond motifs is 1. The van der Waals surface area contributed by atoms with Crippen LogP contribution in [0.2, 0.25) is 0 Å². The van der Waals surface area contributed by atoms with Gasteiger partial charge in [-0.15, -0.1) is 0 Å². The van der Waals surface area contributed by atoms with E-state index in [0.29, 0.717) is 12.8 Å². The van der Waals surface area contributed by atoms with Crippen LogP contribution in [0.15, 0.2) is 66.4 Å². The van der Waals surface area contributed by atoms with E-state index in [2.05, 4.69) is 37.2 Å². The van der Waals surface area contributed by atoms with E-state index in [1.807, 2.05) is 42.9 Å². The molecule has 1 aliphatic rings. The molecule has 0 saturated heterocycles. The van der Waals surface area contributed by atoms with E-state index in [-0.39, 0.29) is 17.0 Å². The molecule has 4 heteroatoms. The number of benzene rings is 2. The molecule has 0 spiro atoms. The lowest BCUT2D eigenvalue weighted by Gasteiger charge is -2.36. The highest BCUT2D eigenvalue weighted by Gasteiger charge is 2.41. The first kappa shape index (κ1) is 20.3. The van der Waals surface area contributed by atoms with Crippen LogP contribution in [0.1, 0.15) is 50.9 Å². The molecule has 1 aromatic heterocycles. The maximum atomic E-state index is 13.5. The summed E-state index contributed by atoms with van der Waals surface area (Å²) in [5, 5.41) is 4.52. The van der Waals surface area contributed by atoms with Gasteiger partial charge in [-0.1, -0.05) is 49.8 Å². The summed E-state index contributed by atoms with van der Waals surface area (Å²) in [5.41, 5.74) is 4.22. The minimum atomic E-state index is -0.560. The monoisotopic (exact) mass is 402 g/mol. The summed E-state index contributed by atoms with van der Waals surface area (Å²) in [5.74, 6) is -0.0315. The normalized spacial score (nSPS) is 18.6. The molecule has 3 nitrogen and oxygen atoms in total. The second-order valence-corrected chi connectivity index (χ2v) is 9.13. The zero-order valence-corrected chi connectivity index (χ0v) is 17.9. The van der Waals surface area contributed by atoms with Crippen molar-refractivity contribution < 1.29 is 9.18 Å². The molecule has 4 rings (SSSR count). The van der Waals surface area contributed by atoms with Crippen molar-refractivity contribution in [3.63, 3.8) is 0 Å². The van der Waals surface area contributed by atoms with Crippen LogP contribution in [-0.2, 0) is 16.6 Å². The summed E-state index contributed by atoms with van der Waals surface area (Å²) < 4.78 is 15.1. The fraction of sp³-hybridized carbons (Fsp3) is 0.308. The Balaban J connectivity index is 1.63. The third-order valence-electron chi connectivity index (χ3n) is 6.50. The van der Waals surface area contributed by atoms with Crippen molar-refractivity contribution in [2.24, 2.45) is 5.41 Å². The molecule has 3 aromatic rings. The number of ketones is 1. The fourth-order valence-corrected chi connectivity index (χ4v) is 4.26. The van der Waals surface area contributed by atoms with Gasteiger partial charge in [0.2, 0.25) is 0 Å². The van der Waals surface area contributed by atoms with Crippen molar-refractivity contribution in [1.82, 2.24) is 9.78 Å². The van der Waals surface area contributed by atoms with Crippen LogP contribution in [0.25, 0.3) is 11.8 Å². The first-order chi connectivity index (χ1) is 14.2. The van der Waals surface area contributed by atoms with E-state index in [4.69, 9.17) is 0 Å². The summed E-state index contributed by atoms with van der Waals surface area (Å²) in [6.07, 6.45) is 4.98. The van der Waals surface area contributed by atoms with Gasteiger partial charge >= 0.3 is 0 Å². The number of hydrogen-bond acceptors (Lipinski definition) is 2. The Hall–Kier alpha value is -3.01. The van der Waals surface area contributed by atoms with Crippen LogP contribution in [0.3, 0.4) is 0 Å². The van der Waals surface area contributed by atoms with Crippen molar-refractivity contribution in [3.8, 4) is 5.69 Å². The van der Waals surface area contributed by atoms with Crippen molar-refractivity contribution in [1.29, 1.82) is 0 Å². The predicted molar refractivity (Wildman–Crippen MR) is 118 cm³/mol. The number of carbonyl (C=O) groups excluding carboxylic acids is 1. The average Bonchev–Trinajstić information content (AvgIpc) is 3.11. The summed E-state index contributed by atoms with van der Waals surface area (Å²) >= 11 is 0. The Morgan fingerprint density at radius 1 is 1.13 bits per heavy atom. The number of carbonyl (C=O) groups is 1. The molecule has 0 aliphatic heterocycles. The van der Waals surface area contributed by atoms with Crippen LogP contribution in [0.4, 0.5) is 4.39 Å². The first-order valence-electron chi connectivity index (χ1n) is 10.3. The van der Waals surface area contributed by atoms with Gasteiger partial charge in [0.05, 0.1) is 23.0 Å². The molecular formula is C26H27FN2O. The van der Waals surface area contributed by atoms with Gasteiger partial charge in [0.15, 0.2) is 0 Å².